The molecule has 1 amide bonds. The van der Waals surface area contributed by atoms with Gasteiger partial charge in [0.1, 0.15) is 0 Å². The van der Waals surface area contributed by atoms with Crippen molar-refractivity contribution in [1.82, 2.24) is 0 Å². The molecule has 138 valence electrons. The molecule has 5 nitrogen and oxygen atoms in total. The van der Waals surface area contributed by atoms with Crippen LogP contribution < -0.4 is 10.0 Å². The highest BCUT2D eigenvalue weighted by Crippen LogP contribution is 2.19. The van der Waals surface area contributed by atoms with E-state index >= 15 is 0 Å². The number of carbonyl (C=O) groups excluding carboxylic acids is 1. The summed E-state index contributed by atoms with van der Waals surface area (Å²) in [5, 5.41) is 2.75. The molecule has 0 aliphatic rings. The van der Waals surface area contributed by atoms with Crippen LogP contribution >= 0.6 is 15.9 Å². The molecular weight excluding hydrogens is 428 g/mol. The molecule has 27 heavy (non-hydrogen) atoms. The number of carbonyl (C=O) groups is 1. The minimum absolute atomic E-state index is 0.0208. The molecule has 0 spiro atoms. The number of hydrogen-bond donors (Lipinski definition) is 2. The maximum absolute atomic E-state index is 12.6. The van der Waals surface area contributed by atoms with Crippen LogP contribution in [0, 0.1) is 6.92 Å². The molecule has 3 aromatic rings. The van der Waals surface area contributed by atoms with Gasteiger partial charge < -0.3 is 5.32 Å². The summed E-state index contributed by atoms with van der Waals surface area (Å²) in [6.45, 7) is 1.88. The van der Waals surface area contributed by atoms with Gasteiger partial charge in [-0.15, -0.1) is 0 Å². The highest BCUT2D eigenvalue weighted by Gasteiger charge is 2.16. The summed E-state index contributed by atoms with van der Waals surface area (Å²) >= 11 is 3.33. The number of aryl methyl sites for hydroxylation is 1. The SMILES string of the molecule is Cc1cccc(NS(=O)(=O)c2cccc(C(=O)Nc3ccc(Br)cc3)c2)c1. The maximum Gasteiger partial charge on any atom is 0.261 e. The third kappa shape index (κ3) is 4.96. The predicted octanol–water partition coefficient (Wildman–Crippen LogP) is 4.81. The largest absolute Gasteiger partial charge is 0.322 e. The average Bonchev–Trinajstić information content (AvgIpc) is 2.63. The van der Waals surface area contributed by atoms with Crippen LogP contribution in [0.15, 0.2) is 82.2 Å². The van der Waals surface area contributed by atoms with Gasteiger partial charge in [-0.05, 0) is 67.1 Å². The van der Waals surface area contributed by atoms with Gasteiger partial charge in [0, 0.05) is 21.4 Å². The molecule has 2 N–H and O–H groups in total. The van der Waals surface area contributed by atoms with Crippen molar-refractivity contribution in [2.75, 3.05) is 10.0 Å². The molecule has 3 aromatic carbocycles. The second-order valence-electron chi connectivity index (χ2n) is 5.96. The molecule has 0 bridgehead atoms. The number of nitrogens with one attached hydrogen (secondary N) is 2. The fourth-order valence-electron chi connectivity index (χ4n) is 2.46. The lowest BCUT2D eigenvalue weighted by Crippen LogP contribution is -2.16. The van der Waals surface area contributed by atoms with Gasteiger partial charge in [0.2, 0.25) is 0 Å². The fraction of sp³-hybridized carbons (Fsp3) is 0.0500. The topological polar surface area (TPSA) is 75.3 Å². The zero-order chi connectivity index (χ0) is 19.4. The summed E-state index contributed by atoms with van der Waals surface area (Å²) in [5.41, 5.74) is 2.29. The second kappa shape index (κ2) is 7.94. The van der Waals surface area contributed by atoms with Crippen molar-refractivity contribution in [2.45, 2.75) is 11.8 Å². The molecule has 0 saturated carbocycles. The number of sulfonamides is 1. The van der Waals surface area contributed by atoms with Gasteiger partial charge in [0.05, 0.1) is 4.90 Å². The average molecular weight is 445 g/mol. The van der Waals surface area contributed by atoms with E-state index in [0.29, 0.717) is 11.4 Å². The molecule has 0 saturated heterocycles. The molecule has 7 heteroatoms. The summed E-state index contributed by atoms with van der Waals surface area (Å²) in [7, 11) is -3.80. The molecule has 0 aliphatic carbocycles. The Bertz CT molecular complexity index is 1080. The zero-order valence-corrected chi connectivity index (χ0v) is 16.8. The van der Waals surface area contributed by atoms with Crippen LogP contribution in [0.5, 0.6) is 0 Å². The summed E-state index contributed by atoms with van der Waals surface area (Å²) in [6.07, 6.45) is 0. The van der Waals surface area contributed by atoms with Crippen LogP contribution in [-0.4, -0.2) is 14.3 Å². The van der Waals surface area contributed by atoms with E-state index in [4.69, 9.17) is 0 Å². The van der Waals surface area contributed by atoms with Gasteiger partial charge in [-0.2, -0.15) is 0 Å². The van der Waals surface area contributed by atoms with Gasteiger partial charge in [0.25, 0.3) is 15.9 Å². The van der Waals surface area contributed by atoms with Crippen LogP contribution in [0.2, 0.25) is 0 Å². The Kier molecular flexibility index (Phi) is 5.62. The lowest BCUT2D eigenvalue weighted by atomic mass is 10.2. The van der Waals surface area contributed by atoms with Crippen molar-refractivity contribution in [1.29, 1.82) is 0 Å². The van der Waals surface area contributed by atoms with Crippen molar-refractivity contribution in [2.24, 2.45) is 0 Å². The van der Waals surface area contributed by atoms with E-state index in [1.165, 1.54) is 12.1 Å². The fourth-order valence-corrected chi connectivity index (χ4v) is 3.82. The van der Waals surface area contributed by atoms with Crippen molar-refractivity contribution in [3.8, 4) is 0 Å². The molecule has 0 aliphatic heterocycles. The summed E-state index contributed by atoms with van der Waals surface area (Å²) < 4.78 is 28.7. The van der Waals surface area contributed by atoms with E-state index in [1.54, 1.807) is 42.5 Å². The van der Waals surface area contributed by atoms with Crippen LogP contribution in [0.3, 0.4) is 0 Å². The Morgan fingerprint density at radius 1 is 0.889 bits per heavy atom. The Hall–Kier alpha value is -2.64. The molecule has 3 rings (SSSR count). The molecule has 0 aromatic heterocycles. The Labute approximate surface area is 166 Å². The Morgan fingerprint density at radius 3 is 2.30 bits per heavy atom. The first-order chi connectivity index (χ1) is 12.8. The smallest absolute Gasteiger partial charge is 0.261 e. The first kappa shape index (κ1) is 19.1. The minimum atomic E-state index is -3.80. The third-order valence-corrected chi connectivity index (χ3v) is 5.69. The Balaban J connectivity index is 1.81. The normalized spacial score (nSPS) is 11.0. The van der Waals surface area contributed by atoms with Crippen molar-refractivity contribution >= 4 is 43.2 Å². The van der Waals surface area contributed by atoms with E-state index < -0.39 is 10.0 Å². The quantitative estimate of drug-likeness (QED) is 0.592. The highest BCUT2D eigenvalue weighted by atomic mass is 79.9. The van der Waals surface area contributed by atoms with Gasteiger partial charge in [-0.25, -0.2) is 8.42 Å². The Morgan fingerprint density at radius 2 is 1.59 bits per heavy atom. The first-order valence-electron chi connectivity index (χ1n) is 8.10. The van der Waals surface area contributed by atoms with Crippen LogP contribution in [-0.2, 0) is 10.0 Å². The number of rotatable bonds is 5. The van der Waals surface area contributed by atoms with Gasteiger partial charge in [-0.1, -0.05) is 34.1 Å². The van der Waals surface area contributed by atoms with E-state index in [9.17, 15) is 13.2 Å². The molecular formula is C20H17BrN2O3S. The van der Waals surface area contributed by atoms with Gasteiger partial charge >= 0.3 is 0 Å². The van der Waals surface area contributed by atoms with Crippen molar-refractivity contribution in [3.05, 3.63) is 88.4 Å². The molecule has 0 radical (unpaired) electrons. The van der Waals surface area contributed by atoms with Crippen molar-refractivity contribution < 1.29 is 13.2 Å². The first-order valence-corrected chi connectivity index (χ1v) is 10.4. The monoisotopic (exact) mass is 444 g/mol. The van der Waals surface area contributed by atoms with Crippen molar-refractivity contribution in [3.63, 3.8) is 0 Å². The predicted molar refractivity (Wildman–Crippen MR) is 111 cm³/mol. The number of hydrogen-bond acceptors (Lipinski definition) is 3. The molecule has 0 heterocycles. The highest BCUT2D eigenvalue weighted by molar-refractivity contribution is 9.10. The molecule has 0 atom stereocenters. The van der Waals surface area contributed by atoms with Crippen LogP contribution in [0.25, 0.3) is 0 Å². The number of amides is 1. The van der Waals surface area contributed by atoms with E-state index in [2.05, 4.69) is 26.0 Å². The third-order valence-electron chi connectivity index (χ3n) is 3.78. The van der Waals surface area contributed by atoms with Gasteiger partial charge in [0.15, 0.2) is 0 Å². The zero-order valence-electron chi connectivity index (χ0n) is 14.4. The molecule has 0 unspecified atom stereocenters. The van der Waals surface area contributed by atoms with Crippen LogP contribution in [0.4, 0.5) is 11.4 Å². The summed E-state index contributed by atoms with van der Waals surface area (Å²) in [6, 6.07) is 20.1. The summed E-state index contributed by atoms with van der Waals surface area (Å²) in [4.78, 5) is 12.5. The number of benzene rings is 3. The lowest BCUT2D eigenvalue weighted by Gasteiger charge is -2.10. The standard InChI is InChI=1S/C20H17BrN2O3S/c1-14-4-2-6-18(12-14)23-27(25,26)19-7-3-5-15(13-19)20(24)22-17-10-8-16(21)9-11-17/h2-13,23H,1H3,(H,22,24). The lowest BCUT2D eigenvalue weighted by molar-refractivity contribution is 0.102. The number of halogens is 1. The molecule has 0 fully saturated rings. The number of anilines is 2. The van der Waals surface area contributed by atoms with Gasteiger partial charge in [-0.3, -0.25) is 9.52 Å². The van der Waals surface area contributed by atoms with E-state index in [0.717, 1.165) is 10.0 Å². The summed E-state index contributed by atoms with van der Waals surface area (Å²) in [5.74, 6) is -0.384. The second-order valence-corrected chi connectivity index (χ2v) is 8.56. The van der Waals surface area contributed by atoms with E-state index in [-0.39, 0.29) is 16.4 Å². The minimum Gasteiger partial charge on any atom is -0.322 e. The maximum atomic E-state index is 12.6. The van der Waals surface area contributed by atoms with E-state index in [1.807, 2.05) is 25.1 Å². The van der Waals surface area contributed by atoms with Crippen LogP contribution in [0.1, 0.15) is 15.9 Å².